The van der Waals surface area contributed by atoms with Crippen LogP contribution in [0.15, 0.2) is 54.6 Å². The fourth-order valence-electron chi connectivity index (χ4n) is 5.77. The molecule has 5 aliphatic rings. The molecule has 0 radical (unpaired) electrons. The van der Waals surface area contributed by atoms with E-state index in [-0.39, 0.29) is 46.4 Å². The third-order valence-electron chi connectivity index (χ3n) is 7.25. The van der Waals surface area contributed by atoms with Crippen molar-refractivity contribution in [2.75, 3.05) is 10.2 Å². The largest absolute Gasteiger partial charge is 0.321 e. The first-order chi connectivity index (χ1) is 15.0. The number of hydrogen-bond donors (Lipinski definition) is 1. The van der Waals surface area contributed by atoms with Crippen molar-refractivity contribution in [3.8, 4) is 0 Å². The van der Waals surface area contributed by atoms with Gasteiger partial charge in [-0.25, -0.2) is 0 Å². The van der Waals surface area contributed by atoms with E-state index in [1.54, 1.807) is 42.5 Å². The summed E-state index contributed by atoms with van der Waals surface area (Å²) in [6, 6.07) is 11.5. The second-order valence-corrected chi connectivity index (χ2v) is 9.55. The summed E-state index contributed by atoms with van der Waals surface area (Å²) < 4.78 is 0. The van der Waals surface area contributed by atoms with Crippen LogP contribution >= 0.6 is 23.2 Å². The molecule has 1 heterocycles. The van der Waals surface area contributed by atoms with Crippen LogP contribution in [0.25, 0.3) is 0 Å². The van der Waals surface area contributed by atoms with Crippen LogP contribution in [0.2, 0.25) is 10.0 Å². The Balaban J connectivity index is 1.24. The highest BCUT2D eigenvalue weighted by Crippen LogP contribution is 2.65. The van der Waals surface area contributed by atoms with Crippen molar-refractivity contribution in [1.82, 2.24) is 0 Å². The van der Waals surface area contributed by atoms with E-state index in [2.05, 4.69) is 17.5 Å². The number of amides is 3. The van der Waals surface area contributed by atoms with E-state index in [0.717, 1.165) is 6.42 Å². The van der Waals surface area contributed by atoms with Crippen LogP contribution in [0, 0.1) is 35.5 Å². The average Bonchev–Trinajstić information content (AvgIpc) is 3.55. The number of nitrogens with one attached hydrogen (secondary N) is 1. The molecule has 2 aromatic carbocycles. The molecule has 156 valence electrons. The highest BCUT2D eigenvalue weighted by molar-refractivity contribution is 6.44. The van der Waals surface area contributed by atoms with E-state index in [1.165, 1.54) is 4.90 Å². The molecule has 4 aliphatic carbocycles. The van der Waals surface area contributed by atoms with Crippen LogP contribution in [0.3, 0.4) is 0 Å². The highest BCUT2D eigenvalue weighted by Gasteiger charge is 2.67. The standard InChI is InChI=1S/C24H18Cl2N2O3/c25-17-2-1-3-18(21(17)26)27-22(29)11-4-6-12(7-5-11)28-23(30)19-13-8-9-14(16-10-15(13)16)20(19)24(28)31/h1-9,13-16,19-20H,10H2,(H,27,29)/t13-,14+,15-,16-,19+,20+/m1/s1. The highest BCUT2D eigenvalue weighted by atomic mass is 35.5. The number of rotatable bonds is 3. The van der Waals surface area contributed by atoms with Crippen molar-refractivity contribution in [2.45, 2.75) is 6.42 Å². The van der Waals surface area contributed by atoms with Crippen molar-refractivity contribution < 1.29 is 14.4 Å². The van der Waals surface area contributed by atoms with Crippen molar-refractivity contribution >= 4 is 52.3 Å². The molecular weight excluding hydrogens is 435 g/mol. The normalized spacial score (nSPS) is 32.1. The smallest absolute Gasteiger partial charge is 0.255 e. The second kappa shape index (κ2) is 6.68. The lowest BCUT2D eigenvalue weighted by atomic mass is 9.63. The van der Waals surface area contributed by atoms with Crippen molar-refractivity contribution in [3.05, 3.63) is 70.2 Å². The first kappa shape index (κ1) is 19.1. The second-order valence-electron chi connectivity index (χ2n) is 8.77. The minimum absolute atomic E-state index is 0.109. The Morgan fingerprint density at radius 3 is 2.13 bits per heavy atom. The minimum atomic E-state index is -0.356. The van der Waals surface area contributed by atoms with Gasteiger partial charge in [-0.15, -0.1) is 0 Å². The maximum Gasteiger partial charge on any atom is 0.255 e. The van der Waals surface area contributed by atoms with Gasteiger partial charge in [0.2, 0.25) is 11.8 Å². The molecule has 5 nitrogen and oxygen atoms in total. The van der Waals surface area contributed by atoms with Crippen LogP contribution in [0.5, 0.6) is 0 Å². The van der Waals surface area contributed by atoms with Gasteiger partial charge in [-0.2, -0.15) is 0 Å². The molecule has 2 aromatic rings. The van der Waals surface area contributed by atoms with E-state index in [1.807, 2.05) is 0 Å². The predicted molar refractivity (Wildman–Crippen MR) is 118 cm³/mol. The number of allylic oxidation sites excluding steroid dienone is 2. The van der Waals surface area contributed by atoms with Crippen LogP contribution in [-0.4, -0.2) is 17.7 Å². The molecule has 2 saturated carbocycles. The van der Waals surface area contributed by atoms with Gasteiger partial charge in [0.15, 0.2) is 0 Å². The van der Waals surface area contributed by atoms with Crippen LogP contribution < -0.4 is 10.2 Å². The molecule has 0 aromatic heterocycles. The zero-order chi connectivity index (χ0) is 21.4. The molecule has 3 fully saturated rings. The molecule has 1 aliphatic heterocycles. The minimum Gasteiger partial charge on any atom is -0.321 e. The zero-order valence-corrected chi connectivity index (χ0v) is 17.8. The third-order valence-corrected chi connectivity index (χ3v) is 8.07. The third kappa shape index (κ3) is 2.73. The van der Waals surface area contributed by atoms with Crippen molar-refractivity contribution in [1.29, 1.82) is 0 Å². The Morgan fingerprint density at radius 2 is 1.52 bits per heavy atom. The number of carbonyl (C=O) groups is 3. The molecular formula is C24H18Cl2N2O3. The number of carbonyl (C=O) groups excluding carboxylic acids is 3. The Morgan fingerprint density at radius 1 is 0.903 bits per heavy atom. The van der Waals surface area contributed by atoms with E-state index in [0.29, 0.717) is 33.8 Å². The van der Waals surface area contributed by atoms with Gasteiger partial charge in [0.05, 0.1) is 33.3 Å². The summed E-state index contributed by atoms with van der Waals surface area (Å²) in [6.07, 6.45) is 5.45. The first-order valence-corrected chi connectivity index (χ1v) is 11.1. The van der Waals surface area contributed by atoms with Gasteiger partial charge < -0.3 is 5.32 Å². The summed E-state index contributed by atoms with van der Waals surface area (Å²) in [4.78, 5) is 40.3. The van der Waals surface area contributed by atoms with E-state index < -0.39 is 0 Å². The number of nitrogens with zero attached hydrogens (tertiary/aromatic N) is 1. The van der Waals surface area contributed by atoms with Gasteiger partial charge >= 0.3 is 0 Å². The summed E-state index contributed by atoms with van der Waals surface area (Å²) in [5, 5.41) is 3.35. The SMILES string of the molecule is O=C(Nc1cccc(Cl)c1Cl)c1ccc(N2C(=O)[C@H]3[C@@H]4C=C[C@@H]([C@H]5C[C@H]45)[C@@H]3C2=O)cc1. The van der Waals surface area contributed by atoms with E-state index in [9.17, 15) is 14.4 Å². The van der Waals surface area contributed by atoms with Crippen molar-refractivity contribution in [3.63, 3.8) is 0 Å². The fourth-order valence-corrected chi connectivity index (χ4v) is 6.12. The molecule has 7 rings (SSSR count). The van der Waals surface area contributed by atoms with Gasteiger partial charge in [-0.05, 0) is 66.5 Å². The number of imide groups is 1. The predicted octanol–water partition coefficient (Wildman–Crippen LogP) is 4.80. The van der Waals surface area contributed by atoms with Crippen molar-refractivity contribution in [2.24, 2.45) is 35.5 Å². The van der Waals surface area contributed by atoms with Crippen LogP contribution in [0.1, 0.15) is 16.8 Å². The van der Waals surface area contributed by atoms with Crippen LogP contribution in [-0.2, 0) is 9.59 Å². The van der Waals surface area contributed by atoms with Gasteiger partial charge in [0.25, 0.3) is 5.91 Å². The molecule has 1 saturated heterocycles. The molecule has 3 amide bonds. The lowest BCUT2D eigenvalue weighted by Crippen LogP contribution is -2.40. The molecule has 0 spiro atoms. The molecule has 1 N–H and O–H groups in total. The zero-order valence-electron chi connectivity index (χ0n) is 16.3. The summed E-state index contributed by atoms with van der Waals surface area (Å²) >= 11 is 12.1. The Hall–Kier alpha value is -2.63. The molecule has 6 atom stereocenters. The summed E-state index contributed by atoms with van der Waals surface area (Å²) in [7, 11) is 0. The summed E-state index contributed by atoms with van der Waals surface area (Å²) in [5.41, 5.74) is 1.31. The lowest BCUT2D eigenvalue weighted by molar-refractivity contribution is -0.124. The Labute approximate surface area is 189 Å². The van der Waals surface area contributed by atoms with E-state index in [4.69, 9.17) is 23.2 Å². The van der Waals surface area contributed by atoms with E-state index >= 15 is 0 Å². The van der Waals surface area contributed by atoms with Gasteiger partial charge in [-0.3, -0.25) is 19.3 Å². The molecule has 31 heavy (non-hydrogen) atoms. The average molecular weight is 453 g/mol. The van der Waals surface area contributed by atoms with Gasteiger partial charge in [0, 0.05) is 5.56 Å². The Kier molecular flexibility index (Phi) is 4.11. The number of anilines is 2. The van der Waals surface area contributed by atoms with Gasteiger partial charge in [0.1, 0.15) is 0 Å². The summed E-state index contributed by atoms with van der Waals surface area (Å²) in [6.45, 7) is 0. The topological polar surface area (TPSA) is 66.5 Å². The Bertz CT molecular complexity index is 1140. The lowest BCUT2D eigenvalue weighted by Gasteiger charge is -2.37. The molecule has 0 unspecified atom stereocenters. The summed E-state index contributed by atoms with van der Waals surface area (Å²) in [5.74, 6) is 0.465. The number of hydrogen-bond acceptors (Lipinski definition) is 3. The maximum atomic E-state index is 13.2. The monoisotopic (exact) mass is 452 g/mol. The molecule has 7 heteroatoms. The molecule has 2 bridgehead atoms. The fraction of sp³-hybridized carbons (Fsp3) is 0.292. The first-order valence-electron chi connectivity index (χ1n) is 10.4. The number of benzene rings is 2. The maximum absolute atomic E-state index is 13.2. The van der Waals surface area contributed by atoms with Crippen LogP contribution in [0.4, 0.5) is 11.4 Å². The van der Waals surface area contributed by atoms with Gasteiger partial charge in [-0.1, -0.05) is 41.4 Å². The quantitative estimate of drug-likeness (QED) is 0.536. The number of halogens is 2.